The Hall–Kier alpha value is -2.24. The van der Waals surface area contributed by atoms with Crippen molar-refractivity contribution in [1.29, 1.82) is 0 Å². The van der Waals surface area contributed by atoms with Crippen molar-refractivity contribution in [3.8, 4) is 0 Å². The molecule has 4 nitrogen and oxygen atoms in total. The number of ether oxygens (including phenoxy) is 1. The first kappa shape index (κ1) is 16.6. The molecule has 0 saturated carbocycles. The molecule has 0 atom stereocenters. The summed E-state index contributed by atoms with van der Waals surface area (Å²) in [5.41, 5.74) is 1.29. The van der Waals surface area contributed by atoms with E-state index in [-0.39, 0.29) is 18.8 Å². The third kappa shape index (κ3) is 3.99. The number of Topliss-reactive ketones (excluding diaryl/α,β-unsaturated/α-hetero) is 1. The first-order valence-electron chi connectivity index (χ1n) is 7.41. The van der Waals surface area contributed by atoms with Gasteiger partial charge in [-0.2, -0.15) is 0 Å². The van der Waals surface area contributed by atoms with Gasteiger partial charge in [0.15, 0.2) is 6.61 Å². The van der Waals surface area contributed by atoms with Crippen LogP contribution in [0, 0.1) is 0 Å². The van der Waals surface area contributed by atoms with E-state index in [1.54, 1.807) is 35.6 Å². The molecule has 122 valence electrons. The molecule has 0 fully saturated rings. The summed E-state index contributed by atoms with van der Waals surface area (Å²) in [6, 6.07) is 14.5. The predicted octanol–water partition coefficient (Wildman–Crippen LogP) is 4.31. The monoisotopic (exact) mass is 359 g/mol. The van der Waals surface area contributed by atoms with Gasteiger partial charge in [-0.25, -0.2) is 4.98 Å². The molecule has 2 aromatic carbocycles. The number of ketones is 1. The highest BCUT2D eigenvalue weighted by atomic mass is 35.5. The maximum Gasteiger partial charge on any atom is 0.306 e. The molecule has 0 aliphatic heterocycles. The highest BCUT2D eigenvalue weighted by molar-refractivity contribution is 7.18. The Balaban J connectivity index is 1.51. The Morgan fingerprint density at radius 2 is 1.83 bits per heavy atom. The Morgan fingerprint density at radius 3 is 2.62 bits per heavy atom. The van der Waals surface area contributed by atoms with Gasteiger partial charge in [-0.15, -0.1) is 11.3 Å². The van der Waals surface area contributed by atoms with E-state index in [0.717, 1.165) is 15.2 Å². The molecule has 1 aromatic heterocycles. The number of rotatable bonds is 6. The maximum absolute atomic E-state index is 12.0. The number of aromatic nitrogens is 1. The van der Waals surface area contributed by atoms with Gasteiger partial charge in [-0.1, -0.05) is 35.9 Å². The number of carbonyl (C=O) groups is 2. The average Bonchev–Trinajstić information content (AvgIpc) is 3.01. The maximum atomic E-state index is 12.0. The summed E-state index contributed by atoms with van der Waals surface area (Å²) in [5, 5.41) is 1.23. The summed E-state index contributed by atoms with van der Waals surface area (Å²) in [4.78, 5) is 28.3. The molecule has 1 heterocycles. The molecule has 0 N–H and O–H groups in total. The second kappa shape index (κ2) is 7.55. The number of carbonyl (C=O) groups excluding carboxylic acids is 2. The van der Waals surface area contributed by atoms with Gasteiger partial charge in [0.1, 0.15) is 0 Å². The molecule has 0 unspecified atom stereocenters. The molecule has 3 rings (SSSR count). The largest absolute Gasteiger partial charge is 0.457 e. The first-order valence-corrected chi connectivity index (χ1v) is 8.61. The number of fused-ring (bicyclic) bond motifs is 1. The number of hydrogen-bond acceptors (Lipinski definition) is 5. The minimum Gasteiger partial charge on any atom is -0.457 e. The van der Waals surface area contributed by atoms with Crippen LogP contribution < -0.4 is 0 Å². The van der Waals surface area contributed by atoms with Crippen LogP contribution in [0.25, 0.3) is 10.2 Å². The lowest BCUT2D eigenvalue weighted by atomic mass is 10.1. The zero-order chi connectivity index (χ0) is 16.9. The van der Waals surface area contributed by atoms with Crippen LogP contribution >= 0.6 is 22.9 Å². The number of nitrogens with zero attached hydrogens (tertiary/aromatic N) is 1. The zero-order valence-corrected chi connectivity index (χ0v) is 14.3. The van der Waals surface area contributed by atoms with Crippen molar-refractivity contribution in [2.75, 3.05) is 6.61 Å². The van der Waals surface area contributed by atoms with E-state index in [1.807, 2.05) is 24.3 Å². The number of hydrogen-bond donors (Lipinski definition) is 0. The van der Waals surface area contributed by atoms with Crippen LogP contribution in [0.4, 0.5) is 0 Å². The molecule has 0 saturated heterocycles. The van der Waals surface area contributed by atoms with E-state index in [9.17, 15) is 9.59 Å². The summed E-state index contributed by atoms with van der Waals surface area (Å²) in [6.07, 6.45) is 0.689. The molecule has 0 radical (unpaired) electrons. The van der Waals surface area contributed by atoms with Crippen molar-refractivity contribution < 1.29 is 14.3 Å². The molecular formula is C18H14ClNO3S. The second-order valence-corrected chi connectivity index (χ2v) is 6.66. The quantitative estimate of drug-likeness (QED) is 0.486. The van der Waals surface area contributed by atoms with Crippen LogP contribution in [0.2, 0.25) is 5.02 Å². The van der Waals surface area contributed by atoms with E-state index in [0.29, 0.717) is 17.0 Å². The van der Waals surface area contributed by atoms with Crippen LogP contribution in [0.15, 0.2) is 48.5 Å². The van der Waals surface area contributed by atoms with Gasteiger partial charge in [0.05, 0.1) is 26.7 Å². The normalized spacial score (nSPS) is 10.7. The Kier molecular flexibility index (Phi) is 5.23. The molecule has 0 amide bonds. The molecular weight excluding hydrogens is 346 g/mol. The number of aryl methyl sites for hydroxylation is 1. The van der Waals surface area contributed by atoms with Crippen molar-refractivity contribution >= 4 is 44.9 Å². The SMILES string of the molecule is O=C(CCc1nc2ccccc2s1)OCC(=O)c1ccccc1Cl. The van der Waals surface area contributed by atoms with Crippen LogP contribution in [0.1, 0.15) is 21.8 Å². The molecule has 6 heteroatoms. The van der Waals surface area contributed by atoms with Crippen molar-refractivity contribution in [1.82, 2.24) is 4.98 Å². The van der Waals surface area contributed by atoms with Crippen molar-refractivity contribution in [3.05, 3.63) is 64.1 Å². The molecule has 24 heavy (non-hydrogen) atoms. The molecule has 0 aliphatic carbocycles. The fourth-order valence-electron chi connectivity index (χ4n) is 2.22. The highest BCUT2D eigenvalue weighted by Gasteiger charge is 2.13. The fraction of sp³-hybridized carbons (Fsp3) is 0.167. The Bertz CT molecular complexity index is 858. The summed E-state index contributed by atoms with van der Waals surface area (Å²) < 4.78 is 6.13. The van der Waals surface area contributed by atoms with Gasteiger partial charge >= 0.3 is 5.97 Å². The number of para-hydroxylation sites is 1. The van der Waals surface area contributed by atoms with E-state index in [1.165, 1.54) is 0 Å². The van der Waals surface area contributed by atoms with Gasteiger partial charge in [0.25, 0.3) is 0 Å². The smallest absolute Gasteiger partial charge is 0.306 e. The fourth-order valence-corrected chi connectivity index (χ4v) is 3.43. The van der Waals surface area contributed by atoms with Crippen molar-refractivity contribution in [2.24, 2.45) is 0 Å². The zero-order valence-electron chi connectivity index (χ0n) is 12.7. The average molecular weight is 360 g/mol. The number of thiazole rings is 1. The molecule has 0 spiro atoms. The number of benzene rings is 2. The Labute approximate surface area is 148 Å². The van der Waals surface area contributed by atoms with Crippen molar-refractivity contribution in [3.63, 3.8) is 0 Å². The number of esters is 1. The van der Waals surface area contributed by atoms with Gasteiger partial charge in [0, 0.05) is 12.0 Å². The third-order valence-corrected chi connectivity index (χ3v) is 4.85. The summed E-state index contributed by atoms with van der Waals surface area (Å²) in [6.45, 7) is -0.303. The van der Waals surface area contributed by atoms with E-state index in [4.69, 9.17) is 16.3 Å². The molecule has 0 bridgehead atoms. The van der Waals surface area contributed by atoms with Crippen LogP contribution in [0.3, 0.4) is 0 Å². The van der Waals surface area contributed by atoms with Gasteiger partial charge in [-0.3, -0.25) is 9.59 Å². The van der Waals surface area contributed by atoms with Crippen LogP contribution in [-0.2, 0) is 16.0 Å². The molecule has 0 aliphatic rings. The second-order valence-electron chi connectivity index (χ2n) is 5.14. The van der Waals surface area contributed by atoms with Crippen LogP contribution in [0.5, 0.6) is 0 Å². The van der Waals surface area contributed by atoms with Gasteiger partial charge < -0.3 is 4.74 Å². The minimum absolute atomic E-state index is 0.190. The summed E-state index contributed by atoms with van der Waals surface area (Å²) in [5.74, 6) is -0.733. The number of halogens is 1. The topological polar surface area (TPSA) is 56.3 Å². The predicted molar refractivity (Wildman–Crippen MR) is 94.7 cm³/mol. The lowest BCUT2D eigenvalue weighted by Crippen LogP contribution is -2.14. The van der Waals surface area contributed by atoms with Gasteiger partial charge in [-0.05, 0) is 24.3 Å². The van der Waals surface area contributed by atoms with Crippen LogP contribution in [-0.4, -0.2) is 23.3 Å². The summed E-state index contributed by atoms with van der Waals surface area (Å²) in [7, 11) is 0. The standard InChI is InChI=1S/C18H14ClNO3S/c19-13-6-2-1-5-12(13)15(21)11-23-18(22)10-9-17-20-14-7-3-4-8-16(14)24-17/h1-8H,9-11H2. The van der Waals surface area contributed by atoms with E-state index >= 15 is 0 Å². The van der Waals surface area contributed by atoms with E-state index < -0.39 is 5.97 Å². The Morgan fingerprint density at radius 1 is 1.08 bits per heavy atom. The minimum atomic E-state index is -0.422. The highest BCUT2D eigenvalue weighted by Crippen LogP contribution is 2.22. The third-order valence-electron chi connectivity index (χ3n) is 3.42. The summed E-state index contributed by atoms with van der Waals surface area (Å²) >= 11 is 7.51. The lowest BCUT2D eigenvalue weighted by molar-refractivity contribution is -0.142. The first-order chi connectivity index (χ1) is 11.6. The lowest BCUT2D eigenvalue weighted by Gasteiger charge is -2.05. The van der Waals surface area contributed by atoms with Crippen molar-refractivity contribution in [2.45, 2.75) is 12.8 Å². The van der Waals surface area contributed by atoms with E-state index in [2.05, 4.69) is 4.98 Å². The molecule has 3 aromatic rings. The van der Waals surface area contributed by atoms with Gasteiger partial charge in [0.2, 0.25) is 5.78 Å².